The van der Waals surface area contributed by atoms with E-state index in [-0.39, 0.29) is 6.07 Å². The van der Waals surface area contributed by atoms with Crippen LogP contribution >= 0.6 is 0 Å². The maximum absolute atomic E-state index is 12.7. The van der Waals surface area contributed by atoms with E-state index in [9.17, 15) is 26.3 Å². The molecule has 19 heavy (non-hydrogen) atoms. The number of benzene rings is 1. The van der Waals surface area contributed by atoms with Crippen LogP contribution in [-0.2, 0) is 18.8 Å². The molecule has 100 valence electrons. The number of hydrogen-bond donors (Lipinski definition) is 0. The van der Waals surface area contributed by atoms with Gasteiger partial charge in [0.25, 0.3) is 0 Å². The van der Waals surface area contributed by atoms with Gasteiger partial charge >= 0.3 is 12.4 Å². The monoisotopic (exact) mass is 278 g/mol. The van der Waals surface area contributed by atoms with Crippen LogP contribution in [0, 0.1) is 22.7 Å². The van der Waals surface area contributed by atoms with Gasteiger partial charge in [0, 0.05) is 0 Å². The Balaban J connectivity index is 3.67. The molecule has 0 unspecified atom stereocenters. The Morgan fingerprint density at radius 3 is 1.89 bits per heavy atom. The fourth-order valence-corrected chi connectivity index (χ4v) is 1.46. The number of alkyl halides is 6. The second kappa shape index (κ2) is 4.81. The van der Waals surface area contributed by atoms with E-state index in [0.717, 1.165) is 0 Å². The standard InChI is InChI=1S/C11H4F6N2/c12-10(13,14)7-3-6(5-19)8(1-2-18)9(4-7)11(15,16)17/h3-4H,1H2. The summed E-state index contributed by atoms with van der Waals surface area (Å²) in [5, 5.41) is 17.0. The normalized spacial score (nSPS) is 11.8. The molecule has 0 spiro atoms. The average Bonchev–Trinajstić information content (AvgIpc) is 2.26. The van der Waals surface area contributed by atoms with E-state index < -0.39 is 41.0 Å². The highest BCUT2D eigenvalue weighted by Crippen LogP contribution is 2.38. The number of halogens is 6. The lowest BCUT2D eigenvalue weighted by Gasteiger charge is -2.16. The molecule has 0 N–H and O–H groups in total. The highest BCUT2D eigenvalue weighted by Gasteiger charge is 2.39. The largest absolute Gasteiger partial charge is 0.416 e. The van der Waals surface area contributed by atoms with Gasteiger partial charge in [-0.05, 0) is 17.7 Å². The first kappa shape index (κ1) is 14.8. The molecule has 1 aromatic carbocycles. The third kappa shape index (κ3) is 3.16. The smallest absolute Gasteiger partial charge is 0.198 e. The maximum atomic E-state index is 12.7. The lowest BCUT2D eigenvalue weighted by Crippen LogP contribution is -2.15. The van der Waals surface area contributed by atoms with E-state index in [4.69, 9.17) is 10.5 Å². The molecule has 0 heterocycles. The molecule has 0 aliphatic heterocycles. The van der Waals surface area contributed by atoms with Crippen molar-refractivity contribution in [3.8, 4) is 12.1 Å². The number of hydrogen-bond acceptors (Lipinski definition) is 2. The third-order valence-corrected chi connectivity index (χ3v) is 2.26. The molecule has 0 bridgehead atoms. The second-order valence-corrected chi connectivity index (χ2v) is 3.49. The van der Waals surface area contributed by atoms with E-state index in [1.165, 1.54) is 12.1 Å². The van der Waals surface area contributed by atoms with Crippen molar-refractivity contribution >= 4 is 0 Å². The van der Waals surface area contributed by atoms with Crippen LogP contribution in [0.5, 0.6) is 0 Å². The molecule has 0 amide bonds. The Hall–Kier alpha value is -2.22. The molecule has 1 rings (SSSR count). The van der Waals surface area contributed by atoms with Crippen molar-refractivity contribution < 1.29 is 26.3 Å². The highest BCUT2D eigenvalue weighted by atomic mass is 19.4. The van der Waals surface area contributed by atoms with Gasteiger partial charge in [0.05, 0.1) is 35.2 Å². The van der Waals surface area contributed by atoms with Crippen molar-refractivity contribution in [2.24, 2.45) is 0 Å². The van der Waals surface area contributed by atoms with Gasteiger partial charge in [-0.3, -0.25) is 0 Å². The summed E-state index contributed by atoms with van der Waals surface area (Å²) >= 11 is 0. The van der Waals surface area contributed by atoms with Crippen molar-refractivity contribution in [2.75, 3.05) is 0 Å². The topological polar surface area (TPSA) is 47.6 Å². The van der Waals surface area contributed by atoms with Crippen molar-refractivity contribution in [2.45, 2.75) is 18.8 Å². The van der Waals surface area contributed by atoms with Crippen LogP contribution in [0.25, 0.3) is 0 Å². The molecule has 0 saturated heterocycles. The van der Waals surface area contributed by atoms with Crippen LogP contribution in [0.3, 0.4) is 0 Å². The van der Waals surface area contributed by atoms with E-state index in [0.29, 0.717) is 6.07 Å². The summed E-state index contributed by atoms with van der Waals surface area (Å²) in [6.45, 7) is 0. The number of nitrogens with zero attached hydrogens (tertiary/aromatic N) is 2. The summed E-state index contributed by atoms with van der Waals surface area (Å²) in [6.07, 6.45) is -10.9. The zero-order valence-corrected chi connectivity index (χ0v) is 9.02. The van der Waals surface area contributed by atoms with E-state index in [2.05, 4.69) is 0 Å². The third-order valence-electron chi connectivity index (χ3n) is 2.26. The first-order chi connectivity index (χ1) is 8.61. The minimum Gasteiger partial charge on any atom is -0.198 e. The fourth-order valence-electron chi connectivity index (χ4n) is 1.46. The molecule has 0 atom stereocenters. The van der Waals surface area contributed by atoms with Crippen molar-refractivity contribution in [1.82, 2.24) is 0 Å². The lowest BCUT2D eigenvalue weighted by atomic mass is 9.95. The Labute approximate surface area is 103 Å². The van der Waals surface area contributed by atoms with Gasteiger partial charge in [0.15, 0.2) is 0 Å². The summed E-state index contributed by atoms with van der Waals surface area (Å²) in [6, 6.07) is 2.87. The van der Waals surface area contributed by atoms with Gasteiger partial charge in [-0.25, -0.2) is 0 Å². The predicted molar refractivity (Wildman–Crippen MR) is 50.5 cm³/mol. The first-order valence-corrected chi connectivity index (χ1v) is 4.69. The van der Waals surface area contributed by atoms with E-state index in [1.54, 1.807) is 0 Å². The Morgan fingerprint density at radius 2 is 1.53 bits per heavy atom. The summed E-state index contributed by atoms with van der Waals surface area (Å²) in [5.41, 5.74) is -4.73. The van der Waals surface area contributed by atoms with Gasteiger partial charge in [-0.15, -0.1) is 0 Å². The van der Waals surface area contributed by atoms with Gasteiger partial charge in [0.1, 0.15) is 0 Å². The molecule has 0 aromatic heterocycles. The maximum Gasteiger partial charge on any atom is 0.416 e. The van der Waals surface area contributed by atoms with Gasteiger partial charge < -0.3 is 0 Å². The second-order valence-electron chi connectivity index (χ2n) is 3.49. The summed E-state index contributed by atoms with van der Waals surface area (Å²) in [4.78, 5) is 0. The summed E-state index contributed by atoms with van der Waals surface area (Å²) in [5.74, 6) is 0. The van der Waals surface area contributed by atoms with Crippen LogP contribution in [-0.4, -0.2) is 0 Å². The summed E-state index contributed by atoms with van der Waals surface area (Å²) < 4.78 is 75.4. The minimum absolute atomic E-state index is 0.0898. The SMILES string of the molecule is N#CCc1c(C#N)cc(C(F)(F)F)cc1C(F)(F)F. The van der Waals surface area contributed by atoms with Crippen molar-refractivity contribution in [1.29, 1.82) is 10.5 Å². The fraction of sp³-hybridized carbons (Fsp3) is 0.273. The number of rotatable bonds is 1. The van der Waals surface area contributed by atoms with Crippen LogP contribution in [0.2, 0.25) is 0 Å². The van der Waals surface area contributed by atoms with Gasteiger partial charge in [0.2, 0.25) is 0 Å². The molecule has 1 aromatic rings. The van der Waals surface area contributed by atoms with Crippen LogP contribution in [0.15, 0.2) is 12.1 Å². The Kier molecular flexibility index (Phi) is 3.75. The highest BCUT2D eigenvalue weighted by molar-refractivity contribution is 5.49. The zero-order chi connectivity index (χ0) is 14.8. The summed E-state index contributed by atoms with van der Waals surface area (Å²) in [7, 11) is 0. The molecule has 2 nitrogen and oxygen atoms in total. The van der Waals surface area contributed by atoms with Crippen LogP contribution in [0.4, 0.5) is 26.3 Å². The molecule has 0 aliphatic rings. The molecular weight excluding hydrogens is 274 g/mol. The van der Waals surface area contributed by atoms with Gasteiger partial charge in [-0.1, -0.05) is 0 Å². The number of nitriles is 2. The lowest BCUT2D eigenvalue weighted by molar-refractivity contribution is -0.143. The molecule has 0 aliphatic carbocycles. The Morgan fingerprint density at radius 1 is 0.947 bits per heavy atom. The van der Waals surface area contributed by atoms with Crippen LogP contribution in [0.1, 0.15) is 22.3 Å². The molecule has 0 radical (unpaired) electrons. The zero-order valence-electron chi connectivity index (χ0n) is 9.02. The van der Waals surface area contributed by atoms with Crippen molar-refractivity contribution in [3.63, 3.8) is 0 Å². The van der Waals surface area contributed by atoms with Gasteiger partial charge in [-0.2, -0.15) is 36.9 Å². The first-order valence-electron chi connectivity index (χ1n) is 4.69. The van der Waals surface area contributed by atoms with E-state index in [1.807, 2.05) is 0 Å². The molecule has 0 saturated carbocycles. The quantitative estimate of drug-likeness (QED) is 0.736. The van der Waals surface area contributed by atoms with Crippen molar-refractivity contribution in [3.05, 3.63) is 34.4 Å². The predicted octanol–water partition coefficient (Wildman–Crippen LogP) is 3.66. The molecule has 0 fully saturated rings. The molecule has 8 heteroatoms. The van der Waals surface area contributed by atoms with E-state index >= 15 is 0 Å². The van der Waals surface area contributed by atoms with Crippen LogP contribution < -0.4 is 0 Å². The minimum atomic E-state index is -5.07. The average molecular weight is 278 g/mol. The Bertz CT molecular complexity index is 571. The molecular formula is C11H4F6N2.